The van der Waals surface area contributed by atoms with E-state index in [0.29, 0.717) is 17.2 Å². The van der Waals surface area contributed by atoms with Crippen LogP contribution < -0.4 is 15.4 Å². The molecule has 0 bridgehead atoms. The van der Waals surface area contributed by atoms with E-state index < -0.39 is 0 Å². The molecule has 2 aromatic heterocycles. The summed E-state index contributed by atoms with van der Waals surface area (Å²) in [6, 6.07) is 18.3. The van der Waals surface area contributed by atoms with E-state index >= 15 is 0 Å². The second-order valence-corrected chi connectivity index (χ2v) is 6.42. The number of benzene rings is 2. The average molecular weight is 397 g/mol. The van der Waals surface area contributed by atoms with Crippen LogP contribution in [0, 0.1) is 0 Å². The van der Waals surface area contributed by atoms with E-state index in [4.69, 9.17) is 4.74 Å². The fourth-order valence-corrected chi connectivity index (χ4v) is 2.80. The zero-order valence-electron chi connectivity index (χ0n) is 16.2. The number of hydrogen-bond acceptors (Lipinski definition) is 6. The molecular formula is C23H19N5O2. The van der Waals surface area contributed by atoms with Crippen molar-refractivity contribution in [3.63, 3.8) is 0 Å². The highest BCUT2D eigenvalue weighted by Gasteiger charge is 2.07. The third kappa shape index (κ3) is 4.59. The minimum atomic E-state index is -0.199. The van der Waals surface area contributed by atoms with E-state index in [-0.39, 0.29) is 5.91 Å². The van der Waals surface area contributed by atoms with Crippen LogP contribution in [-0.4, -0.2) is 28.0 Å². The maximum atomic E-state index is 12.3. The van der Waals surface area contributed by atoms with Crippen molar-refractivity contribution in [1.82, 2.24) is 15.0 Å². The van der Waals surface area contributed by atoms with Crippen molar-refractivity contribution in [3.05, 3.63) is 91.0 Å². The maximum absolute atomic E-state index is 12.3. The second-order valence-electron chi connectivity index (χ2n) is 6.42. The van der Waals surface area contributed by atoms with Crippen LogP contribution >= 0.6 is 0 Å². The van der Waals surface area contributed by atoms with Crippen LogP contribution in [0.15, 0.2) is 85.5 Å². The van der Waals surface area contributed by atoms with Gasteiger partial charge in [-0.15, -0.1) is 0 Å². The van der Waals surface area contributed by atoms with Crippen LogP contribution in [0.1, 0.15) is 10.4 Å². The third-order valence-electron chi connectivity index (χ3n) is 4.40. The molecular weight excluding hydrogens is 378 g/mol. The number of nitrogens with one attached hydrogen (secondary N) is 2. The zero-order chi connectivity index (χ0) is 20.8. The summed E-state index contributed by atoms with van der Waals surface area (Å²) in [7, 11) is 1.64. The van der Waals surface area contributed by atoms with Gasteiger partial charge in [0.1, 0.15) is 5.75 Å². The molecule has 4 rings (SSSR count). The fourth-order valence-electron chi connectivity index (χ4n) is 2.80. The van der Waals surface area contributed by atoms with E-state index in [1.165, 1.54) is 0 Å². The van der Waals surface area contributed by atoms with Crippen LogP contribution in [0.4, 0.5) is 17.3 Å². The molecule has 2 heterocycles. The Labute approximate surface area is 173 Å². The van der Waals surface area contributed by atoms with Gasteiger partial charge in [0.15, 0.2) is 0 Å². The lowest BCUT2D eigenvalue weighted by molar-refractivity contribution is 0.102. The number of methoxy groups -OCH3 is 1. The van der Waals surface area contributed by atoms with E-state index in [0.717, 1.165) is 22.6 Å². The molecule has 0 saturated heterocycles. The van der Waals surface area contributed by atoms with E-state index in [2.05, 4.69) is 25.6 Å². The quantitative estimate of drug-likeness (QED) is 0.496. The van der Waals surface area contributed by atoms with Crippen LogP contribution in [-0.2, 0) is 0 Å². The molecule has 0 aliphatic rings. The monoisotopic (exact) mass is 397 g/mol. The third-order valence-corrected chi connectivity index (χ3v) is 4.40. The number of rotatable bonds is 6. The Hall–Kier alpha value is -4.26. The second kappa shape index (κ2) is 8.83. The molecule has 0 aliphatic carbocycles. The van der Waals surface area contributed by atoms with Crippen molar-refractivity contribution in [3.8, 4) is 16.9 Å². The molecule has 1 amide bonds. The highest BCUT2D eigenvalue weighted by molar-refractivity contribution is 6.04. The summed E-state index contributed by atoms with van der Waals surface area (Å²) in [5.74, 6) is 1.07. The number of hydrogen-bond donors (Lipinski definition) is 2. The lowest BCUT2D eigenvalue weighted by Gasteiger charge is -2.08. The molecule has 0 unspecified atom stereocenters. The lowest BCUT2D eigenvalue weighted by atomic mass is 10.1. The molecule has 7 nitrogen and oxygen atoms in total. The Bertz CT molecular complexity index is 1110. The first kappa shape index (κ1) is 19.1. The highest BCUT2D eigenvalue weighted by Crippen LogP contribution is 2.22. The number of ether oxygens (including phenoxy) is 1. The first-order valence-corrected chi connectivity index (χ1v) is 9.26. The van der Waals surface area contributed by atoms with Gasteiger partial charge < -0.3 is 15.4 Å². The SMILES string of the molecule is COc1ccc(-c2cnc(Nc3ccc(C(=O)Nc4cccnc4)cc3)nc2)cc1. The minimum absolute atomic E-state index is 0.199. The van der Waals surface area contributed by atoms with E-state index in [1.807, 2.05) is 24.3 Å². The summed E-state index contributed by atoms with van der Waals surface area (Å²) in [5.41, 5.74) is 3.89. The van der Waals surface area contributed by atoms with Crippen LogP contribution in [0.25, 0.3) is 11.1 Å². The normalized spacial score (nSPS) is 10.3. The molecule has 2 aromatic carbocycles. The predicted molar refractivity (Wildman–Crippen MR) is 116 cm³/mol. The molecule has 4 aromatic rings. The molecule has 0 atom stereocenters. The molecule has 30 heavy (non-hydrogen) atoms. The van der Waals surface area contributed by atoms with Gasteiger partial charge in [-0.25, -0.2) is 9.97 Å². The van der Waals surface area contributed by atoms with Gasteiger partial charge in [-0.3, -0.25) is 9.78 Å². The van der Waals surface area contributed by atoms with Crippen molar-refractivity contribution in [2.75, 3.05) is 17.7 Å². The molecule has 148 valence electrons. The molecule has 0 fully saturated rings. The van der Waals surface area contributed by atoms with E-state index in [1.54, 1.807) is 68.3 Å². The summed E-state index contributed by atoms with van der Waals surface area (Å²) < 4.78 is 5.17. The molecule has 0 aliphatic heterocycles. The Balaban J connectivity index is 1.40. The number of aromatic nitrogens is 3. The van der Waals surface area contributed by atoms with Crippen molar-refractivity contribution in [2.24, 2.45) is 0 Å². The van der Waals surface area contributed by atoms with Gasteiger partial charge in [0.25, 0.3) is 5.91 Å². The Morgan fingerprint density at radius 2 is 1.57 bits per heavy atom. The minimum Gasteiger partial charge on any atom is -0.497 e. The largest absolute Gasteiger partial charge is 0.497 e. The number of anilines is 3. The number of carbonyl (C=O) groups is 1. The van der Waals surface area contributed by atoms with Crippen LogP contribution in [0.2, 0.25) is 0 Å². The highest BCUT2D eigenvalue weighted by atomic mass is 16.5. The van der Waals surface area contributed by atoms with Crippen LogP contribution in [0.3, 0.4) is 0 Å². The summed E-state index contributed by atoms with van der Waals surface area (Å²) in [6.45, 7) is 0. The van der Waals surface area contributed by atoms with Crippen molar-refractivity contribution in [1.29, 1.82) is 0 Å². The first-order valence-electron chi connectivity index (χ1n) is 9.26. The smallest absolute Gasteiger partial charge is 0.255 e. The van der Waals surface area contributed by atoms with Gasteiger partial charge in [-0.1, -0.05) is 12.1 Å². The number of pyridine rings is 1. The standard InChI is InChI=1S/C23H19N5O2/c1-30-21-10-6-16(7-11-21)18-13-25-23(26-14-18)28-19-8-4-17(5-9-19)22(29)27-20-3-2-12-24-15-20/h2-15H,1H3,(H,27,29)(H,25,26,28). The van der Waals surface area contributed by atoms with Gasteiger partial charge in [0.2, 0.25) is 5.95 Å². The van der Waals surface area contributed by atoms with Gasteiger partial charge in [0, 0.05) is 35.4 Å². The number of carbonyl (C=O) groups excluding carboxylic acids is 1. The Kier molecular flexibility index (Phi) is 5.61. The molecule has 0 saturated carbocycles. The predicted octanol–water partition coefficient (Wildman–Crippen LogP) is 4.54. The van der Waals surface area contributed by atoms with Gasteiger partial charge >= 0.3 is 0 Å². The van der Waals surface area contributed by atoms with Gasteiger partial charge in [-0.05, 0) is 54.1 Å². The molecule has 0 spiro atoms. The topological polar surface area (TPSA) is 89.0 Å². The lowest BCUT2D eigenvalue weighted by Crippen LogP contribution is -2.11. The fraction of sp³-hybridized carbons (Fsp3) is 0.0435. The van der Waals surface area contributed by atoms with Crippen LogP contribution in [0.5, 0.6) is 5.75 Å². The van der Waals surface area contributed by atoms with E-state index in [9.17, 15) is 4.79 Å². The van der Waals surface area contributed by atoms with Gasteiger partial charge in [-0.2, -0.15) is 0 Å². The Morgan fingerprint density at radius 1 is 0.833 bits per heavy atom. The van der Waals surface area contributed by atoms with Crippen molar-refractivity contribution < 1.29 is 9.53 Å². The maximum Gasteiger partial charge on any atom is 0.255 e. The zero-order valence-corrected chi connectivity index (χ0v) is 16.2. The molecule has 2 N–H and O–H groups in total. The summed E-state index contributed by atoms with van der Waals surface area (Å²) >= 11 is 0. The molecule has 7 heteroatoms. The molecule has 0 radical (unpaired) electrons. The number of nitrogens with zero attached hydrogens (tertiary/aromatic N) is 3. The first-order chi connectivity index (χ1) is 14.7. The summed E-state index contributed by atoms with van der Waals surface area (Å²) in [6.07, 6.45) is 6.77. The summed E-state index contributed by atoms with van der Waals surface area (Å²) in [4.78, 5) is 25.0. The van der Waals surface area contributed by atoms with Gasteiger partial charge in [0.05, 0.1) is 19.0 Å². The van der Waals surface area contributed by atoms with Crippen molar-refractivity contribution in [2.45, 2.75) is 0 Å². The van der Waals surface area contributed by atoms with Crippen molar-refractivity contribution >= 4 is 23.2 Å². The number of amides is 1. The summed E-state index contributed by atoms with van der Waals surface area (Å²) in [5, 5.41) is 5.93. The average Bonchev–Trinajstić information content (AvgIpc) is 2.81. The Morgan fingerprint density at radius 3 is 2.20 bits per heavy atom.